The van der Waals surface area contributed by atoms with Gasteiger partial charge in [0.05, 0.1) is 12.8 Å². The predicted molar refractivity (Wildman–Crippen MR) is 101 cm³/mol. The zero-order valence-corrected chi connectivity index (χ0v) is 14.6. The summed E-state index contributed by atoms with van der Waals surface area (Å²) in [6.07, 6.45) is 4.75. The lowest BCUT2D eigenvalue weighted by atomic mass is 10.3. The SMILES string of the molecule is O=C(CNc1cccc(Oc2ccc(F)cc2F)c1)NN=Cc1ccncc1. The average molecular weight is 382 g/mol. The molecule has 1 amide bonds. The number of pyridine rings is 1. The number of amides is 1. The summed E-state index contributed by atoms with van der Waals surface area (Å²) in [5, 5.41) is 6.77. The van der Waals surface area contributed by atoms with Gasteiger partial charge in [-0.25, -0.2) is 14.2 Å². The maximum atomic E-state index is 13.7. The smallest absolute Gasteiger partial charge is 0.259 e. The summed E-state index contributed by atoms with van der Waals surface area (Å²) in [6, 6.07) is 13.2. The molecule has 28 heavy (non-hydrogen) atoms. The van der Waals surface area contributed by atoms with E-state index in [1.165, 1.54) is 12.3 Å². The predicted octanol–water partition coefficient (Wildman–Crippen LogP) is 3.71. The summed E-state index contributed by atoms with van der Waals surface area (Å²) >= 11 is 0. The highest BCUT2D eigenvalue weighted by Crippen LogP contribution is 2.26. The van der Waals surface area contributed by atoms with Crippen LogP contribution in [0.25, 0.3) is 0 Å². The third kappa shape index (κ3) is 5.60. The quantitative estimate of drug-likeness (QED) is 0.482. The van der Waals surface area contributed by atoms with Crippen molar-refractivity contribution < 1.29 is 18.3 Å². The van der Waals surface area contributed by atoms with Gasteiger partial charge in [0.2, 0.25) is 0 Å². The second-order valence-corrected chi connectivity index (χ2v) is 5.63. The Morgan fingerprint density at radius 2 is 1.93 bits per heavy atom. The largest absolute Gasteiger partial charge is 0.454 e. The third-order valence-corrected chi connectivity index (χ3v) is 3.52. The molecule has 3 aromatic rings. The Morgan fingerprint density at radius 3 is 2.71 bits per heavy atom. The molecule has 2 N–H and O–H groups in total. The Balaban J connectivity index is 1.52. The summed E-state index contributed by atoms with van der Waals surface area (Å²) < 4.78 is 32.1. The molecule has 1 heterocycles. The van der Waals surface area contributed by atoms with Crippen LogP contribution in [0.5, 0.6) is 11.5 Å². The lowest BCUT2D eigenvalue weighted by molar-refractivity contribution is -0.119. The van der Waals surface area contributed by atoms with E-state index in [0.29, 0.717) is 11.4 Å². The van der Waals surface area contributed by atoms with Crippen LogP contribution >= 0.6 is 0 Å². The van der Waals surface area contributed by atoms with E-state index in [0.717, 1.165) is 17.7 Å². The maximum absolute atomic E-state index is 13.7. The fourth-order valence-electron chi connectivity index (χ4n) is 2.20. The highest BCUT2D eigenvalue weighted by atomic mass is 19.1. The van der Waals surface area contributed by atoms with Crippen LogP contribution in [0.4, 0.5) is 14.5 Å². The summed E-state index contributed by atoms with van der Waals surface area (Å²) in [6.45, 7) is -0.0257. The first-order chi connectivity index (χ1) is 13.6. The van der Waals surface area contributed by atoms with E-state index in [1.54, 1.807) is 48.8 Å². The molecular formula is C20H16F2N4O2. The topological polar surface area (TPSA) is 75.6 Å². The average Bonchev–Trinajstić information content (AvgIpc) is 2.70. The number of nitrogens with zero attached hydrogens (tertiary/aromatic N) is 2. The lowest BCUT2D eigenvalue weighted by Crippen LogP contribution is -2.25. The van der Waals surface area contributed by atoms with Crippen molar-refractivity contribution in [3.05, 3.63) is 84.2 Å². The molecule has 0 aliphatic carbocycles. The first-order valence-corrected chi connectivity index (χ1v) is 8.29. The molecule has 2 aromatic carbocycles. The number of ether oxygens (including phenoxy) is 1. The molecule has 6 nitrogen and oxygen atoms in total. The molecule has 1 aromatic heterocycles. The molecule has 0 aliphatic rings. The number of carbonyl (C=O) groups is 1. The van der Waals surface area contributed by atoms with E-state index in [4.69, 9.17) is 4.74 Å². The Morgan fingerprint density at radius 1 is 1.11 bits per heavy atom. The fraction of sp³-hybridized carbons (Fsp3) is 0.0500. The first kappa shape index (κ1) is 19.0. The third-order valence-electron chi connectivity index (χ3n) is 3.52. The van der Waals surface area contributed by atoms with Gasteiger partial charge in [-0.1, -0.05) is 6.07 Å². The van der Waals surface area contributed by atoms with Crippen molar-refractivity contribution in [2.75, 3.05) is 11.9 Å². The molecule has 0 atom stereocenters. The van der Waals surface area contributed by atoms with Gasteiger partial charge in [0.15, 0.2) is 11.6 Å². The number of hydrogen-bond acceptors (Lipinski definition) is 5. The van der Waals surface area contributed by atoms with Gasteiger partial charge in [-0.3, -0.25) is 9.78 Å². The number of halogens is 2. The van der Waals surface area contributed by atoms with Crippen LogP contribution in [0.2, 0.25) is 0 Å². The Hall–Kier alpha value is -3.81. The van der Waals surface area contributed by atoms with Crippen LogP contribution in [0.1, 0.15) is 5.56 Å². The number of carbonyl (C=O) groups excluding carboxylic acids is 1. The number of benzene rings is 2. The van der Waals surface area contributed by atoms with Crippen molar-refractivity contribution in [2.45, 2.75) is 0 Å². The summed E-state index contributed by atoms with van der Waals surface area (Å²) in [7, 11) is 0. The van der Waals surface area contributed by atoms with E-state index >= 15 is 0 Å². The lowest BCUT2D eigenvalue weighted by Gasteiger charge is -2.10. The van der Waals surface area contributed by atoms with Crippen LogP contribution in [0, 0.1) is 11.6 Å². The molecule has 0 spiro atoms. The van der Waals surface area contributed by atoms with E-state index < -0.39 is 11.6 Å². The van der Waals surface area contributed by atoms with Gasteiger partial charge >= 0.3 is 0 Å². The number of hydrogen-bond donors (Lipinski definition) is 2. The highest BCUT2D eigenvalue weighted by Gasteiger charge is 2.07. The second-order valence-electron chi connectivity index (χ2n) is 5.63. The minimum atomic E-state index is -0.801. The Labute approximate surface area is 159 Å². The first-order valence-electron chi connectivity index (χ1n) is 8.29. The zero-order valence-electron chi connectivity index (χ0n) is 14.6. The number of rotatable bonds is 7. The van der Waals surface area contributed by atoms with Crippen LogP contribution < -0.4 is 15.5 Å². The molecule has 0 fully saturated rings. The summed E-state index contributed by atoms with van der Waals surface area (Å²) in [4.78, 5) is 15.7. The maximum Gasteiger partial charge on any atom is 0.259 e. The molecule has 0 unspecified atom stereocenters. The summed E-state index contributed by atoms with van der Waals surface area (Å²) in [5.41, 5.74) is 3.80. The molecule has 8 heteroatoms. The summed E-state index contributed by atoms with van der Waals surface area (Å²) in [5.74, 6) is -1.59. The van der Waals surface area contributed by atoms with Gasteiger partial charge in [-0.15, -0.1) is 0 Å². The van der Waals surface area contributed by atoms with Crippen molar-refractivity contribution >= 4 is 17.8 Å². The zero-order chi connectivity index (χ0) is 19.8. The monoisotopic (exact) mass is 382 g/mol. The Kier molecular flexibility index (Phi) is 6.25. The van der Waals surface area contributed by atoms with Gasteiger partial charge in [0, 0.05) is 30.2 Å². The van der Waals surface area contributed by atoms with E-state index in [9.17, 15) is 13.6 Å². The molecule has 3 rings (SSSR count). The van der Waals surface area contributed by atoms with E-state index in [1.807, 2.05) is 0 Å². The molecular weight excluding hydrogens is 366 g/mol. The fourth-order valence-corrected chi connectivity index (χ4v) is 2.20. The van der Waals surface area contributed by atoms with Gasteiger partial charge in [-0.05, 0) is 42.0 Å². The van der Waals surface area contributed by atoms with Gasteiger partial charge in [-0.2, -0.15) is 5.10 Å². The van der Waals surface area contributed by atoms with Gasteiger partial charge < -0.3 is 10.1 Å². The van der Waals surface area contributed by atoms with Crippen LogP contribution in [0.3, 0.4) is 0 Å². The number of anilines is 1. The second kappa shape index (κ2) is 9.22. The molecule has 0 bridgehead atoms. The van der Waals surface area contributed by atoms with Gasteiger partial charge in [0.25, 0.3) is 5.91 Å². The standard InChI is InChI=1S/C20H16F2N4O2/c21-15-4-5-19(18(22)10-15)28-17-3-1-2-16(11-17)24-13-20(27)26-25-12-14-6-8-23-9-7-14/h1-12,24H,13H2,(H,26,27). The molecule has 142 valence electrons. The minimum Gasteiger partial charge on any atom is -0.454 e. The van der Waals surface area contributed by atoms with E-state index in [2.05, 4.69) is 20.8 Å². The number of nitrogens with one attached hydrogen (secondary N) is 2. The van der Waals surface area contributed by atoms with Gasteiger partial charge in [0.1, 0.15) is 11.6 Å². The molecule has 0 saturated heterocycles. The number of hydrazone groups is 1. The van der Waals surface area contributed by atoms with Crippen LogP contribution in [-0.2, 0) is 4.79 Å². The van der Waals surface area contributed by atoms with Crippen LogP contribution in [0.15, 0.2) is 72.1 Å². The van der Waals surface area contributed by atoms with Crippen molar-refractivity contribution in [3.8, 4) is 11.5 Å². The molecule has 0 aliphatic heterocycles. The van der Waals surface area contributed by atoms with Crippen molar-refractivity contribution in [3.63, 3.8) is 0 Å². The van der Waals surface area contributed by atoms with Crippen molar-refractivity contribution in [2.24, 2.45) is 5.10 Å². The minimum absolute atomic E-state index is 0.0257. The highest BCUT2D eigenvalue weighted by molar-refractivity contribution is 5.84. The van der Waals surface area contributed by atoms with Crippen molar-refractivity contribution in [1.82, 2.24) is 10.4 Å². The van der Waals surface area contributed by atoms with Crippen LogP contribution in [-0.4, -0.2) is 23.7 Å². The van der Waals surface area contributed by atoms with Crippen molar-refractivity contribution in [1.29, 1.82) is 0 Å². The normalized spacial score (nSPS) is 10.6. The van der Waals surface area contributed by atoms with E-state index in [-0.39, 0.29) is 18.2 Å². The Bertz CT molecular complexity index is 981. The molecule has 0 saturated carbocycles. The molecule has 0 radical (unpaired) electrons. The number of aromatic nitrogens is 1.